The zero-order valence-corrected chi connectivity index (χ0v) is 14.6. The lowest BCUT2D eigenvalue weighted by molar-refractivity contribution is -0.138. The van der Waals surface area contributed by atoms with Crippen LogP contribution < -0.4 is 10.6 Å². The number of carboxylic acid groups (broad SMARTS) is 1. The lowest BCUT2D eigenvalue weighted by atomic mass is 10.2. The van der Waals surface area contributed by atoms with Gasteiger partial charge in [-0.05, 0) is 34.6 Å². The highest BCUT2D eigenvalue weighted by Crippen LogP contribution is 2.06. The molecule has 130 valence electrons. The van der Waals surface area contributed by atoms with Gasteiger partial charge < -0.3 is 20.5 Å². The highest BCUT2D eigenvalue weighted by molar-refractivity contribution is 5.87. The molecule has 0 aliphatic rings. The summed E-state index contributed by atoms with van der Waals surface area (Å²) >= 11 is 0. The number of aliphatic carboxylic acids is 1. The van der Waals surface area contributed by atoms with Gasteiger partial charge in [0.05, 0.1) is 0 Å². The molecule has 0 aromatic heterocycles. The number of carboxylic acids is 1. The molecule has 7 nitrogen and oxygen atoms in total. The second-order valence-corrected chi connectivity index (χ2v) is 4.89. The number of alkyl carbamates (subject to hydrolysis) is 1. The molecule has 2 amide bonds. The van der Waals surface area contributed by atoms with Crippen LogP contribution in [0.25, 0.3) is 0 Å². The van der Waals surface area contributed by atoms with Crippen molar-refractivity contribution in [1.29, 1.82) is 0 Å². The fourth-order valence-electron chi connectivity index (χ4n) is 0.866. The predicted octanol–water partition coefficient (Wildman–Crippen LogP) is 2.32. The molecule has 22 heavy (non-hydrogen) atoms. The molecule has 3 N–H and O–H groups in total. The molecule has 1 unspecified atom stereocenters. The van der Waals surface area contributed by atoms with Gasteiger partial charge in [0.1, 0.15) is 18.2 Å². The van der Waals surface area contributed by atoms with Crippen molar-refractivity contribution in [1.82, 2.24) is 10.6 Å². The van der Waals surface area contributed by atoms with Gasteiger partial charge in [0, 0.05) is 0 Å². The highest BCUT2D eigenvalue weighted by atomic mass is 16.6. The summed E-state index contributed by atoms with van der Waals surface area (Å²) in [6.45, 7) is 15.3. The van der Waals surface area contributed by atoms with E-state index < -0.39 is 36.2 Å². The van der Waals surface area contributed by atoms with E-state index in [-0.39, 0.29) is 0 Å². The number of ether oxygens (including phenoxy) is 1. The average molecular weight is 318 g/mol. The number of rotatable bonds is 4. The van der Waals surface area contributed by atoms with Crippen molar-refractivity contribution in [3.05, 3.63) is 12.7 Å². The molecule has 0 rings (SSSR count). The number of carbonyl (C=O) groups is 3. The molecule has 0 spiro atoms. The Balaban J connectivity index is -0.000000637. The van der Waals surface area contributed by atoms with E-state index >= 15 is 0 Å². The SMILES string of the molecule is C=CC.CC.CC(NC(=O)OC(C)(C)C)C(=O)NCC(=O)O. The first kappa shape index (κ1) is 24.9. The molecule has 0 aliphatic heterocycles. The summed E-state index contributed by atoms with van der Waals surface area (Å²) in [5, 5.41) is 12.8. The van der Waals surface area contributed by atoms with Gasteiger partial charge in [0.15, 0.2) is 0 Å². The van der Waals surface area contributed by atoms with Gasteiger partial charge >= 0.3 is 12.1 Å². The average Bonchev–Trinajstić information content (AvgIpc) is 2.36. The van der Waals surface area contributed by atoms with Crippen molar-refractivity contribution >= 4 is 18.0 Å². The molecular weight excluding hydrogens is 288 g/mol. The van der Waals surface area contributed by atoms with Crippen LogP contribution in [0.3, 0.4) is 0 Å². The monoisotopic (exact) mass is 318 g/mol. The molecular formula is C15H30N2O5. The van der Waals surface area contributed by atoms with Crippen molar-refractivity contribution in [3.8, 4) is 0 Å². The largest absolute Gasteiger partial charge is 0.480 e. The van der Waals surface area contributed by atoms with Gasteiger partial charge in [-0.1, -0.05) is 19.9 Å². The van der Waals surface area contributed by atoms with E-state index in [4.69, 9.17) is 9.84 Å². The Hall–Kier alpha value is -2.05. The number of allylic oxidation sites excluding steroid dienone is 1. The minimum atomic E-state index is -1.15. The van der Waals surface area contributed by atoms with Gasteiger partial charge in [0.25, 0.3) is 0 Å². The second kappa shape index (κ2) is 13.9. The topological polar surface area (TPSA) is 105 Å². The first-order valence-corrected chi connectivity index (χ1v) is 7.09. The molecule has 0 fully saturated rings. The number of nitrogens with one attached hydrogen (secondary N) is 2. The van der Waals surface area contributed by atoms with Crippen LogP contribution in [-0.4, -0.2) is 41.3 Å². The molecule has 0 bridgehead atoms. The lowest BCUT2D eigenvalue weighted by Crippen LogP contribution is -2.47. The minimum Gasteiger partial charge on any atom is -0.480 e. The molecule has 0 aromatic carbocycles. The molecule has 0 aliphatic carbocycles. The van der Waals surface area contributed by atoms with Crippen LogP contribution in [0.1, 0.15) is 48.5 Å². The number of carbonyl (C=O) groups excluding carboxylic acids is 2. The van der Waals surface area contributed by atoms with Crippen LogP contribution in [0.15, 0.2) is 12.7 Å². The van der Waals surface area contributed by atoms with E-state index in [1.165, 1.54) is 6.92 Å². The summed E-state index contributed by atoms with van der Waals surface area (Å²) in [5.41, 5.74) is -0.651. The normalized spacial score (nSPS) is 10.5. The standard InChI is InChI=1S/C10H18N2O5.C3H6.C2H6/c1-6(8(15)11-5-7(13)14)12-9(16)17-10(2,3)4;1-3-2;1-2/h6H,5H2,1-4H3,(H,11,15)(H,12,16)(H,13,14);3H,1H2,2H3;1-2H3. The van der Waals surface area contributed by atoms with Crippen LogP contribution in [0, 0.1) is 0 Å². The van der Waals surface area contributed by atoms with Crippen molar-refractivity contribution < 1.29 is 24.2 Å². The highest BCUT2D eigenvalue weighted by Gasteiger charge is 2.20. The van der Waals surface area contributed by atoms with Gasteiger partial charge in [0.2, 0.25) is 5.91 Å². The van der Waals surface area contributed by atoms with Gasteiger partial charge in [-0.15, -0.1) is 6.58 Å². The zero-order chi connectivity index (χ0) is 18.3. The third-order valence-electron chi connectivity index (χ3n) is 1.54. The summed E-state index contributed by atoms with van der Waals surface area (Å²) in [6.07, 6.45) is 1.02. The summed E-state index contributed by atoms with van der Waals surface area (Å²) < 4.78 is 4.94. The first-order valence-electron chi connectivity index (χ1n) is 7.09. The Bertz CT molecular complexity index is 348. The Morgan fingerprint density at radius 3 is 2.00 bits per heavy atom. The third-order valence-corrected chi connectivity index (χ3v) is 1.54. The lowest BCUT2D eigenvalue weighted by Gasteiger charge is -2.21. The van der Waals surface area contributed by atoms with Crippen LogP contribution in [0.5, 0.6) is 0 Å². The Morgan fingerprint density at radius 2 is 1.68 bits per heavy atom. The fourth-order valence-corrected chi connectivity index (χ4v) is 0.866. The quantitative estimate of drug-likeness (QED) is 0.690. The molecule has 0 heterocycles. The van der Waals surface area contributed by atoms with E-state index in [2.05, 4.69) is 17.2 Å². The zero-order valence-electron chi connectivity index (χ0n) is 14.6. The molecule has 1 atom stereocenters. The third kappa shape index (κ3) is 20.3. The fraction of sp³-hybridized carbons (Fsp3) is 0.667. The maximum atomic E-state index is 11.3. The van der Waals surface area contributed by atoms with Crippen molar-refractivity contribution in [3.63, 3.8) is 0 Å². The number of hydrogen-bond donors (Lipinski definition) is 3. The Labute approximate surface area is 133 Å². The Kier molecular flexibility index (Phi) is 15.8. The first-order chi connectivity index (χ1) is 10.0. The molecule has 0 aromatic rings. The van der Waals surface area contributed by atoms with Gasteiger partial charge in [-0.2, -0.15) is 0 Å². The van der Waals surface area contributed by atoms with E-state index in [9.17, 15) is 14.4 Å². The Morgan fingerprint density at radius 1 is 1.27 bits per heavy atom. The number of amides is 2. The van der Waals surface area contributed by atoms with Crippen molar-refractivity contribution in [2.24, 2.45) is 0 Å². The summed E-state index contributed by atoms with van der Waals surface area (Å²) in [4.78, 5) is 32.8. The second-order valence-electron chi connectivity index (χ2n) is 4.89. The summed E-state index contributed by atoms with van der Waals surface area (Å²) in [5.74, 6) is -1.74. The molecule has 0 radical (unpaired) electrons. The van der Waals surface area contributed by atoms with E-state index in [0.29, 0.717) is 0 Å². The van der Waals surface area contributed by atoms with Crippen LogP contribution >= 0.6 is 0 Å². The van der Waals surface area contributed by atoms with E-state index in [1.54, 1.807) is 26.8 Å². The maximum Gasteiger partial charge on any atom is 0.408 e. The maximum absolute atomic E-state index is 11.3. The van der Waals surface area contributed by atoms with Gasteiger partial charge in [-0.3, -0.25) is 9.59 Å². The van der Waals surface area contributed by atoms with Crippen molar-refractivity contribution in [2.75, 3.05) is 6.54 Å². The van der Waals surface area contributed by atoms with E-state index in [0.717, 1.165) is 0 Å². The van der Waals surface area contributed by atoms with Crippen LogP contribution in [0.4, 0.5) is 4.79 Å². The van der Waals surface area contributed by atoms with E-state index in [1.807, 2.05) is 20.8 Å². The molecule has 0 saturated heterocycles. The van der Waals surface area contributed by atoms with Crippen molar-refractivity contribution in [2.45, 2.75) is 60.1 Å². The smallest absolute Gasteiger partial charge is 0.408 e. The summed E-state index contributed by atoms with van der Waals surface area (Å²) in [6, 6.07) is -0.857. The molecule has 0 saturated carbocycles. The summed E-state index contributed by atoms with van der Waals surface area (Å²) in [7, 11) is 0. The number of hydrogen-bond acceptors (Lipinski definition) is 4. The van der Waals surface area contributed by atoms with Crippen LogP contribution in [-0.2, 0) is 14.3 Å². The van der Waals surface area contributed by atoms with Crippen LogP contribution in [0.2, 0.25) is 0 Å². The predicted molar refractivity (Wildman–Crippen MR) is 86.7 cm³/mol. The van der Waals surface area contributed by atoms with Gasteiger partial charge in [-0.25, -0.2) is 4.79 Å². The minimum absolute atomic E-state index is 0.487. The molecule has 7 heteroatoms.